The van der Waals surface area contributed by atoms with E-state index in [1.54, 1.807) is 25.1 Å². The topological polar surface area (TPSA) is 98.3 Å². The quantitative estimate of drug-likeness (QED) is 0.464. The summed E-state index contributed by atoms with van der Waals surface area (Å²) in [6.07, 6.45) is 3.45. The third-order valence-corrected chi connectivity index (χ3v) is 2.43. The number of nitro groups is 1. The van der Waals surface area contributed by atoms with Gasteiger partial charge in [0, 0.05) is 30.3 Å². The molecule has 96 valence electrons. The number of amides is 1. The van der Waals surface area contributed by atoms with Gasteiger partial charge in [0.05, 0.1) is 4.92 Å². The second-order valence-corrected chi connectivity index (χ2v) is 3.62. The maximum Gasteiger partial charge on any atom is 0.273 e. The van der Waals surface area contributed by atoms with Gasteiger partial charge in [0.2, 0.25) is 0 Å². The Balaban J connectivity index is 2.83. The Labute approximate surface area is 105 Å². The van der Waals surface area contributed by atoms with Crippen LogP contribution >= 0.6 is 0 Å². The smallest absolute Gasteiger partial charge is 0.273 e. The number of hydrogen-bond acceptors (Lipinski definition) is 4. The van der Waals surface area contributed by atoms with Crippen LogP contribution in [-0.4, -0.2) is 23.9 Å². The highest BCUT2D eigenvalue weighted by atomic mass is 16.6. The Morgan fingerprint density at radius 1 is 1.50 bits per heavy atom. The highest BCUT2D eigenvalue weighted by molar-refractivity contribution is 5.96. The molecule has 0 radical (unpaired) electrons. The van der Waals surface area contributed by atoms with Crippen molar-refractivity contribution >= 4 is 11.6 Å². The van der Waals surface area contributed by atoms with Crippen LogP contribution in [0.25, 0.3) is 0 Å². The Kier molecular flexibility index (Phi) is 5.01. The highest BCUT2D eigenvalue weighted by Gasteiger charge is 2.17. The van der Waals surface area contributed by atoms with E-state index < -0.39 is 4.92 Å². The molecule has 1 amide bonds. The Bertz CT molecular complexity index is 483. The average molecular weight is 249 g/mol. The van der Waals surface area contributed by atoms with Gasteiger partial charge < -0.3 is 11.1 Å². The number of nitrogens with zero attached hydrogens (tertiary/aromatic N) is 1. The third-order valence-electron chi connectivity index (χ3n) is 2.43. The fourth-order valence-electron chi connectivity index (χ4n) is 1.49. The standard InChI is InChI=1S/C12H15N3O3/c1-9-10(5-4-6-11(9)15(17)18)12(16)14-8-3-2-7-13/h2-6H,7-8,13H2,1H3,(H,14,16)/b3-2+. The summed E-state index contributed by atoms with van der Waals surface area (Å²) in [6.45, 7) is 2.31. The Morgan fingerprint density at radius 2 is 2.22 bits per heavy atom. The lowest BCUT2D eigenvalue weighted by molar-refractivity contribution is -0.385. The number of carbonyl (C=O) groups is 1. The van der Waals surface area contributed by atoms with Gasteiger partial charge in [-0.2, -0.15) is 0 Å². The van der Waals surface area contributed by atoms with Crippen molar-refractivity contribution in [2.45, 2.75) is 6.92 Å². The summed E-state index contributed by atoms with van der Waals surface area (Å²) in [5.74, 6) is -0.335. The average Bonchev–Trinajstić information content (AvgIpc) is 2.34. The molecule has 1 aromatic rings. The molecule has 0 atom stereocenters. The maximum absolute atomic E-state index is 11.8. The summed E-state index contributed by atoms with van der Waals surface area (Å²) < 4.78 is 0. The highest BCUT2D eigenvalue weighted by Crippen LogP contribution is 2.20. The first-order valence-electron chi connectivity index (χ1n) is 5.45. The van der Waals surface area contributed by atoms with Crippen LogP contribution in [0, 0.1) is 17.0 Å². The molecule has 0 heterocycles. The van der Waals surface area contributed by atoms with Crippen molar-refractivity contribution in [3.8, 4) is 0 Å². The van der Waals surface area contributed by atoms with E-state index in [2.05, 4.69) is 5.32 Å². The monoisotopic (exact) mass is 249 g/mol. The summed E-state index contributed by atoms with van der Waals surface area (Å²) in [6, 6.07) is 4.43. The van der Waals surface area contributed by atoms with Gasteiger partial charge in [0.25, 0.3) is 11.6 Å². The minimum atomic E-state index is -0.500. The summed E-state index contributed by atoms with van der Waals surface area (Å²) in [5.41, 5.74) is 5.88. The van der Waals surface area contributed by atoms with Gasteiger partial charge >= 0.3 is 0 Å². The summed E-state index contributed by atoms with van der Waals surface area (Å²) in [5, 5.41) is 13.4. The minimum absolute atomic E-state index is 0.0554. The van der Waals surface area contributed by atoms with Crippen molar-refractivity contribution in [1.29, 1.82) is 0 Å². The number of nitrogens with two attached hydrogens (primary N) is 1. The second-order valence-electron chi connectivity index (χ2n) is 3.62. The van der Waals surface area contributed by atoms with Gasteiger partial charge in [0.1, 0.15) is 0 Å². The van der Waals surface area contributed by atoms with Crippen molar-refractivity contribution in [1.82, 2.24) is 5.32 Å². The fourth-order valence-corrected chi connectivity index (χ4v) is 1.49. The van der Waals surface area contributed by atoms with E-state index >= 15 is 0 Å². The van der Waals surface area contributed by atoms with Crippen LogP contribution < -0.4 is 11.1 Å². The van der Waals surface area contributed by atoms with E-state index in [1.807, 2.05) is 0 Å². The first-order chi connectivity index (χ1) is 8.57. The summed E-state index contributed by atoms with van der Waals surface area (Å²) in [4.78, 5) is 22.0. The molecule has 0 aliphatic heterocycles. The van der Waals surface area contributed by atoms with Crippen molar-refractivity contribution in [3.63, 3.8) is 0 Å². The number of hydrogen-bond donors (Lipinski definition) is 2. The van der Waals surface area contributed by atoms with E-state index in [0.717, 1.165) is 0 Å². The van der Waals surface area contributed by atoms with Gasteiger partial charge in [-0.1, -0.05) is 18.2 Å². The van der Waals surface area contributed by atoms with E-state index in [0.29, 0.717) is 24.2 Å². The van der Waals surface area contributed by atoms with Crippen LogP contribution in [-0.2, 0) is 0 Å². The summed E-state index contributed by atoms with van der Waals surface area (Å²) in [7, 11) is 0. The molecule has 1 aromatic carbocycles. The number of nitrogens with one attached hydrogen (secondary N) is 1. The molecule has 0 saturated heterocycles. The molecule has 0 spiro atoms. The van der Waals surface area contributed by atoms with Gasteiger partial charge in [-0.25, -0.2) is 0 Å². The molecule has 0 aliphatic carbocycles. The molecule has 18 heavy (non-hydrogen) atoms. The van der Waals surface area contributed by atoms with Gasteiger partial charge in [-0.15, -0.1) is 0 Å². The maximum atomic E-state index is 11.8. The zero-order chi connectivity index (χ0) is 13.5. The van der Waals surface area contributed by atoms with Crippen LogP contribution in [0.5, 0.6) is 0 Å². The van der Waals surface area contributed by atoms with Crippen molar-refractivity contribution in [2.24, 2.45) is 5.73 Å². The predicted molar refractivity (Wildman–Crippen MR) is 68.4 cm³/mol. The molecule has 1 rings (SSSR count). The molecule has 3 N–H and O–H groups in total. The first kappa shape index (κ1) is 13.9. The van der Waals surface area contributed by atoms with Gasteiger partial charge in [-0.05, 0) is 13.0 Å². The zero-order valence-electron chi connectivity index (χ0n) is 10.1. The van der Waals surface area contributed by atoms with E-state index in [1.165, 1.54) is 12.1 Å². The van der Waals surface area contributed by atoms with Crippen LogP contribution in [0.15, 0.2) is 30.4 Å². The molecule has 0 fully saturated rings. The van der Waals surface area contributed by atoms with Crippen LogP contribution in [0.4, 0.5) is 5.69 Å². The molecule has 0 aliphatic rings. The lowest BCUT2D eigenvalue weighted by atomic mass is 10.1. The molecular weight excluding hydrogens is 234 g/mol. The fraction of sp³-hybridized carbons (Fsp3) is 0.250. The molecule has 0 unspecified atom stereocenters. The lowest BCUT2D eigenvalue weighted by Crippen LogP contribution is -2.24. The van der Waals surface area contributed by atoms with E-state index in [9.17, 15) is 14.9 Å². The Hall–Kier alpha value is -2.21. The SMILES string of the molecule is Cc1c(C(=O)NC/C=C/CN)cccc1[N+](=O)[O-]. The van der Waals surface area contributed by atoms with E-state index in [4.69, 9.17) is 5.73 Å². The van der Waals surface area contributed by atoms with Crippen LogP contribution in [0.3, 0.4) is 0 Å². The zero-order valence-corrected chi connectivity index (χ0v) is 10.1. The third kappa shape index (κ3) is 3.39. The molecule has 0 saturated carbocycles. The number of benzene rings is 1. The van der Waals surface area contributed by atoms with Crippen molar-refractivity contribution in [3.05, 3.63) is 51.6 Å². The number of carbonyl (C=O) groups excluding carboxylic acids is 1. The Morgan fingerprint density at radius 3 is 2.83 bits per heavy atom. The molecule has 6 nitrogen and oxygen atoms in total. The number of nitro benzene ring substituents is 1. The van der Waals surface area contributed by atoms with Crippen LogP contribution in [0.1, 0.15) is 15.9 Å². The molecular formula is C12H15N3O3. The normalized spacial score (nSPS) is 10.6. The lowest BCUT2D eigenvalue weighted by Gasteiger charge is -2.06. The minimum Gasteiger partial charge on any atom is -0.349 e. The summed E-state index contributed by atoms with van der Waals surface area (Å²) >= 11 is 0. The number of rotatable bonds is 5. The van der Waals surface area contributed by atoms with E-state index in [-0.39, 0.29) is 11.6 Å². The van der Waals surface area contributed by atoms with Gasteiger partial charge in [0.15, 0.2) is 0 Å². The van der Waals surface area contributed by atoms with Crippen molar-refractivity contribution in [2.75, 3.05) is 13.1 Å². The van der Waals surface area contributed by atoms with Crippen molar-refractivity contribution < 1.29 is 9.72 Å². The molecule has 6 heteroatoms. The first-order valence-corrected chi connectivity index (χ1v) is 5.45. The predicted octanol–water partition coefficient (Wildman–Crippen LogP) is 1.15. The molecule has 0 bridgehead atoms. The van der Waals surface area contributed by atoms with Crippen LogP contribution in [0.2, 0.25) is 0 Å². The molecule has 0 aromatic heterocycles. The second kappa shape index (κ2) is 6.51. The van der Waals surface area contributed by atoms with Gasteiger partial charge in [-0.3, -0.25) is 14.9 Å². The largest absolute Gasteiger partial charge is 0.349 e.